The normalized spacial score (nSPS) is 19.9. The molecule has 3 nitrogen and oxygen atoms in total. The minimum absolute atomic E-state index is 0.266. The number of allylic oxidation sites excluding steroid dienone is 1. The lowest BCUT2D eigenvalue weighted by atomic mass is 9.71. The summed E-state index contributed by atoms with van der Waals surface area (Å²) in [6.45, 7) is 7.76. The van der Waals surface area contributed by atoms with Crippen LogP contribution in [0.3, 0.4) is 0 Å². The molecule has 1 rings (SSSR count). The number of carbonyl (C=O) groups is 2. The molecule has 0 fully saturated rings. The van der Waals surface area contributed by atoms with E-state index in [1.807, 2.05) is 13.8 Å². The number of hydrogen-bond donors (Lipinski definition) is 0. The van der Waals surface area contributed by atoms with Crippen LogP contribution in [-0.4, -0.2) is 18.4 Å². The first-order valence-electron chi connectivity index (χ1n) is 5.71. The van der Waals surface area contributed by atoms with Crippen LogP contribution in [0.2, 0.25) is 0 Å². The zero-order chi connectivity index (χ0) is 12.3. The van der Waals surface area contributed by atoms with Crippen LogP contribution in [0.5, 0.6) is 0 Å². The van der Waals surface area contributed by atoms with Crippen molar-refractivity contribution in [3.63, 3.8) is 0 Å². The van der Waals surface area contributed by atoms with Gasteiger partial charge in [-0.15, -0.1) is 0 Å². The molecular formula is C13H20O3. The molecule has 0 saturated carbocycles. The van der Waals surface area contributed by atoms with E-state index in [-0.39, 0.29) is 17.2 Å². The van der Waals surface area contributed by atoms with Crippen molar-refractivity contribution < 1.29 is 14.3 Å². The van der Waals surface area contributed by atoms with Crippen molar-refractivity contribution in [3.05, 3.63) is 11.1 Å². The van der Waals surface area contributed by atoms with Gasteiger partial charge in [-0.3, -0.25) is 9.59 Å². The largest absolute Gasteiger partial charge is 0.466 e. The van der Waals surface area contributed by atoms with Crippen LogP contribution in [0.15, 0.2) is 11.1 Å². The molecule has 0 atom stereocenters. The highest BCUT2D eigenvalue weighted by Crippen LogP contribution is 2.39. The van der Waals surface area contributed by atoms with E-state index >= 15 is 0 Å². The second-order valence-corrected chi connectivity index (χ2v) is 4.90. The van der Waals surface area contributed by atoms with Gasteiger partial charge in [0.25, 0.3) is 0 Å². The number of esters is 1. The fourth-order valence-corrected chi connectivity index (χ4v) is 2.29. The molecule has 0 heterocycles. The average molecular weight is 224 g/mol. The maximum Gasteiger partial charge on any atom is 0.302 e. The predicted molar refractivity (Wildman–Crippen MR) is 62.0 cm³/mol. The summed E-state index contributed by atoms with van der Waals surface area (Å²) < 4.78 is 4.94. The summed E-state index contributed by atoms with van der Waals surface area (Å²) in [5.41, 5.74) is 2.03. The fraction of sp³-hybridized carbons (Fsp3) is 0.692. The summed E-state index contributed by atoms with van der Waals surface area (Å²) in [7, 11) is 0. The Balaban J connectivity index is 2.74. The number of hydrogen-bond acceptors (Lipinski definition) is 3. The Morgan fingerprint density at radius 2 is 2.00 bits per heavy atom. The molecule has 0 aromatic heterocycles. The summed E-state index contributed by atoms with van der Waals surface area (Å²) >= 11 is 0. The summed E-state index contributed by atoms with van der Waals surface area (Å²) in [6.07, 6.45) is 2.15. The van der Waals surface area contributed by atoms with E-state index in [0.717, 1.165) is 12.0 Å². The van der Waals surface area contributed by atoms with Gasteiger partial charge >= 0.3 is 5.97 Å². The smallest absolute Gasteiger partial charge is 0.302 e. The van der Waals surface area contributed by atoms with E-state index < -0.39 is 0 Å². The van der Waals surface area contributed by atoms with Gasteiger partial charge in [0.2, 0.25) is 0 Å². The SMILES string of the molecule is CC(=O)OCCC1=C(C)CCC(=O)C1(C)C. The van der Waals surface area contributed by atoms with Crippen LogP contribution < -0.4 is 0 Å². The van der Waals surface area contributed by atoms with Gasteiger partial charge in [0, 0.05) is 25.2 Å². The summed E-state index contributed by atoms with van der Waals surface area (Å²) in [6, 6.07) is 0. The molecule has 0 bridgehead atoms. The van der Waals surface area contributed by atoms with Crippen LogP contribution in [0, 0.1) is 5.41 Å². The van der Waals surface area contributed by atoms with E-state index in [1.54, 1.807) is 0 Å². The second kappa shape index (κ2) is 4.81. The third-order valence-electron chi connectivity index (χ3n) is 3.35. The molecule has 0 N–H and O–H groups in total. The van der Waals surface area contributed by atoms with Crippen molar-refractivity contribution in [2.24, 2.45) is 5.41 Å². The first-order chi connectivity index (χ1) is 7.35. The van der Waals surface area contributed by atoms with Crippen LogP contribution >= 0.6 is 0 Å². The quantitative estimate of drug-likeness (QED) is 0.546. The monoisotopic (exact) mass is 224 g/mol. The highest BCUT2D eigenvalue weighted by atomic mass is 16.5. The first-order valence-corrected chi connectivity index (χ1v) is 5.71. The topological polar surface area (TPSA) is 43.4 Å². The van der Waals surface area contributed by atoms with Gasteiger partial charge in [-0.25, -0.2) is 0 Å². The number of Topliss-reactive ketones (excluding diaryl/α,β-unsaturated/α-hetero) is 1. The maximum absolute atomic E-state index is 11.8. The van der Waals surface area contributed by atoms with Crippen LogP contribution in [0.4, 0.5) is 0 Å². The van der Waals surface area contributed by atoms with E-state index in [1.165, 1.54) is 12.5 Å². The van der Waals surface area contributed by atoms with E-state index in [0.29, 0.717) is 19.4 Å². The molecule has 0 unspecified atom stereocenters. The molecule has 1 aliphatic carbocycles. The molecule has 16 heavy (non-hydrogen) atoms. The molecule has 1 aliphatic rings. The molecule has 0 aromatic rings. The van der Waals surface area contributed by atoms with Crippen molar-refractivity contribution >= 4 is 11.8 Å². The molecule has 0 amide bonds. The van der Waals surface area contributed by atoms with Crippen LogP contribution in [-0.2, 0) is 14.3 Å². The van der Waals surface area contributed by atoms with Crippen molar-refractivity contribution in [3.8, 4) is 0 Å². The number of ether oxygens (including phenoxy) is 1. The van der Waals surface area contributed by atoms with E-state index in [2.05, 4.69) is 6.92 Å². The van der Waals surface area contributed by atoms with Crippen molar-refractivity contribution in [1.82, 2.24) is 0 Å². The van der Waals surface area contributed by atoms with E-state index in [9.17, 15) is 9.59 Å². The number of rotatable bonds is 3. The Hall–Kier alpha value is -1.12. The molecule has 0 saturated heterocycles. The molecule has 0 spiro atoms. The Labute approximate surface area is 96.9 Å². The predicted octanol–water partition coefficient (Wildman–Crippen LogP) is 2.65. The van der Waals surface area contributed by atoms with Gasteiger partial charge < -0.3 is 4.74 Å². The lowest BCUT2D eigenvalue weighted by Gasteiger charge is -2.33. The highest BCUT2D eigenvalue weighted by Gasteiger charge is 2.35. The lowest BCUT2D eigenvalue weighted by molar-refractivity contribution is -0.140. The zero-order valence-corrected chi connectivity index (χ0v) is 10.6. The first kappa shape index (κ1) is 12.9. The average Bonchev–Trinajstić information content (AvgIpc) is 2.17. The van der Waals surface area contributed by atoms with Crippen LogP contribution in [0.1, 0.15) is 47.0 Å². The molecule has 90 valence electrons. The van der Waals surface area contributed by atoms with Crippen molar-refractivity contribution in [2.75, 3.05) is 6.61 Å². The highest BCUT2D eigenvalue weighted by molar-refractivity contribution is 5.88. The molecule has 3 heteroatoms. The van der Waals surface area contributed by atoms with Gasteiger partial charge in [-0.05, 0) is 27.2 Å². The Morgan fingerprint density at radius 3 is 2.56 bits per heavy atom. The Kier molecular flexibility index (Phi) is 3.89. The van der Waals surface area contributed by atoms with Gasteiger partial charge in [0.05, 0.1) is 6.61 Å². The second-order valence-electron chi connectivity index (χ2n) is 4.90. The lowest BCUT2D eigenvalue weighted by Crippen LogP contribution is -2.31. The van der Waals surface area contributed by atoms with Crippen LogP contribution in [0.25, 0.3) is 0 Å². The third-order valence-corrected chi connectivity index (χ3v) is 3.35. The van der Waals surface area contributed by atoms with Gasteiger partial charge in [0.15, 0.2) is 0 Å². The van der Waals surface area contributed by atoms with E-state index in [4.69, 9.17) is 4.74 Å². The number of ketones is 1. The summed E-state index contributed by atoms with van der Waals surface area (Å²) in [5.74, 6) is 0.0223. The third kappa shape index (κ3) is 2.71. The molecule has 0 aliphatic heterocycles. The fourth-order valence-electron chi connectivity index (χ4n) is 2.29. The maximum atomic E-state index is 11.8. The zero-order valence-electron chi connectivity index (χ0n) is 10.6. The van der Waals surface area contributed by atoms with Gasteiger partial charge in [0.1, 0.15) is 5.78 Å². The van der Waals surface area contributed by atoms with Gasteiger partial charge in [-0.2, -0.15) is 0 Å². The molecular weight excluding hydrogens is 204 g/mol. The minimum atomic E-state index is -0.386. The van der Waals surface area contributed by atoms with Gasteiger partial charge in [-0.1, -0.05) is 11.1 Å². The number of carbonyl (C=O) groups excluding carboxylic acids is 2. The Morgan fingerprint density at radius 1 is 1.38 bits per heavy atom. The van der Waals surface area contributed by atoms with Crippen molar-refractivity contribution in [1.29, 1.82) is 0 Å². The summed E-state index contributed by atoms with van der Waals surface area (Å²) in [4.78, 5) is 22.5. The Bertz CT molecular complexity index is 337. The minimum Gasteiger partial charge on any atom is -0.466 e. The molecule has 0 aromatic carbocycles. The molecule has 0 radical (unpaired) electrons. The standard InChI is InChI=1S/C13H20O3/c1-9-5-6-12(15)13(3,4)11(9)7-8-16-10(2)14/h5-8H2,1-4H3. The van der Waals surface area contributed by atoms with Crippen molar-refractivity contribution in [2.45, 2.75) is 47.0 Å². The summed E-state index contributed by atoms with van der Waals surface area (Å²) in [5, 5.41) is 0.